The van der Waals surface area contributed by atoms with Gasteiger partial charge < -0.3 is 15.3 Å². The Labute approximate surface area is 107 Å². The van der Waals surface area contributed by atoms with E-state index in [2.05, 4.69) is 0 Å². The fourth-order valence-electron chi connectivity index (χ4n) is 1.54. The number of hydrogen-bond donors (Lipinski definition) is 1. The Bertz CT molecular complexity index is 456. The highest BCUT2D eigenvalue weighted by molar-refractivity contribution is 5.66. The van der Waals surface area contributed by atoms with Gasteiger partial charge in [-0.15, -0.1) is 0 Å². The number of carbonyl (C=O) groups is 2. The first-order valence-corrected chi connectivity index (χ1v) is 5.34. The molecule has 0 bridgehead atoms. The molecule has 7 heteroatoms. The minimum Gasteiger partial charge on any atom is -0.441 e. The molecule has 0 spiro atoms. The van der Waals surface area contributed by atoms with Crippen LogP contribution < -0.4 is 5.73 Å². The van der Waals surface area contributed by atoms with Gasteiger partial charge in [0.25, 0.3) is 0 Å². The second-order valence-electron chi connectivity index (χ2n) is 3.97. The third-order valence-corrected chi connectivity index (χ3v) is 2.50. The monoisotopic (exact) mass is 275 g/mol. The maximum Gasteiger partial charge on any atom is 0.416 e. The Kier molecular flexibility index (Phi) is 4.52. The summed E-state index contributed by atoms with van der Waals surface area (Å²) in [5.41, 5.74) is 4.31. The number of aldehydes is 1. The summed E-state index contributed by atoms with van der Waals surface area (Å²) in [5.74, 6) is -0.718. The zero-order valence-corrected chi connectivity index (χ0v) is 9.98. The van der Waals surface area contributed by atoms with Crippen molar-refractivity contribution in [2.75, 3.05) is 0 Å². The SMILES string of the molecule is C[C@H](C=O)[C@H](OC(N)=O)c1ccc(C(F)(F)F)cc1. The van der Waals surface area contributed by atoms with Crippen molar-refractivity contribution in [3.05, 3.63) is 35.4 Å². The molecular weight excluding hydrogens is 263 g/mol. The first-order chi connectivity index (χ1) is 8.75. The molecule has 0 unspecified atom stereocenters. The standard InChI is InChI=1S/C12H12F3NO3/c1-7(6-17)10(19-11(16)18)8-2-4-9(5-3-8)12(13,14)15/h2-7,10H,1H3,(H2,16,18)/t7-,10+/m1/s1. The Balaban J connectivity index is 3.03. The average molecular weight is 275 g/mol. The van der Waals surface area contributed by atoms with Crippen LogP contribution in [0.1, 0.15) is 24.2 Å². The van der Waals surface area contributed by atoms with E-state index < -0.39 is 29.9 Å². The number of hydrogen-bond acceptors (Lipinski definition) is 3. The Morgan fingerprint density at radius 1 is 1.32 bits per heavy atom. The van der Waals surface area contributed by atoms with E-state index >= 15 is 0 Å². The van der Waals surface area contributed by atoms with Crippen molar-refractivity contribution in [2.24, 2.45) is 11.7 Å². The van der Waals surface area contributed by atoms with Crippen LogP contribution in [0.5, 0.6) is 0 Å². The van der Waals surface area contributed by atoms with Gasteiger partial charge >= 0.3 is 12.3 Å². The number of halogens is 3. The van der Waals surface area contributed by atoms with E-state index in [4.69, 9.17) is 10.5 Å². The summed E-state index contributed by atoms with van der Waals surface area (Å²) >= 11 is 0. The van der Waals surface area contributed by atoms with Crippen molar-refractivity contribution in [1.82, 2.24) is 0 Å². The van der Waals surface area contributed by atoms with Crippen LogP contribution in [0.3, 0.4) is 0 Å². The predicted octanol–water partition coefficient (Wildman–Crippen LogP) is 2.68. The molecule has 0 aliphatic carbocycles. The van der Waals surface area contributed by atoms with E-state index in [1.54, 1.807) is 0 Å². The molecule has 0 fully saturated rings. The van der Waals surface area contributed by atoms with Crippen molar-refractivity contribution in [3.8, 4) is 0 Å². The van der Waals surface area contributed by atoms with E-state index in [0.29, 0.717) is 6.29 Å². The van der Waals surface area contributed by atoms with Crippen LogP contribution in [-0.4, -0.2) is 12.4 Å². The molecule has 0 aliphatic rings. The van der Waals surface area contributed by atoms with Gasteiger partial charge in [-0.2, -0.15) is 13.2 Å². The Morgan fingerprint density at radius 3 is 2.21 bits per heavy atom. The topological polar surface area (TPSA) is 69.4 Å². The van der Waals surface area contributed by atoms with Crippen LogP contribution in [0.2, 0.25) is 0 Å². The fourth-order valence-corrected chi connectivity index (χ4v) is 1.54. The van der Waals surface area contributed by atoms with Crippen LogP contribution >= 0.6 is 0 Å². The van der Waals surface area contributed by atoms with Crippen molar-refractivity contribution in [1.29, 1.82) is 0 Å². The number of nitrogens with two attached hydrogens (primary N) is 1. The second-order valence-corrected chi connectivity index (χ2v) is 3.97. The lowest BCUT2D eigenvalue weighted by Crippen LogP contribution is -2.22. The van der Waals surface area contributed by atoms with E-state index in [1.165, 1.54) is 6.92 Å². The predicted molar refractivity (Wildman–Crippen MR) is 60.1 cm³/mol. The third kappa shape index (κ3) is 3.97. The molecule has 0 heterocycles. The molecule has 1 amide bonds. The molecule has 2 N–H and O–H groups in total. The number of benzene rings is 1. The number of primary amides is 1. The maximum atomic E-state index is 12.4. The summed E-state index contributed by atoms with van der Waals surface area (Å²) < 4.78 is 41.9. The molecule has 0 saturated carbocycles. The van der Waals surface area contributed by atoms with Gasteiger partial charge in [-0.1, -0.05) is 19.1 Å². The first-order valence-electron chi connectivity index (χ1n) is 5.34. The van der Waals surface area contributed by atoms with Crippen molar-refractivity contribution < 1.29 is 27.5 Å². The summed E-state index contributed by atoms with van der Waals surface area (Å²) in [6.07, 6.45) is -6.02. The van der Waals surface area contributed by atoms with Gasteiger partial charge in [0.05, 0.1) is 11.5 Å². The highest BCUT2D eigenvalue weighted by Gasteiger charge is 2.31. The van der Waals surface area contributed by atoms with Crippen LogP contribution in [-0.2, 0) is 15.7 Å². The second kappa shape index (κ2) is 5.73. The summed E-state index contributed by atoms with van der Waals surface area (Å²) in [7, 11) is 0. The smallest absolute Gasteiger partial charge is 0.416 e. The van der Waals surface area contributed by atoms with Crippen LogP contribution in [0.25, 0.3) is 0 Å². The number of alkyl halides is 3. The molecule has 0 aromatic heterocycles. The van der Waals surface area contributed by atoms with Gasteiger partial charge in [0.2, 0.25) is 0 Å². The first kappa shape index (κ1) is 15.0. The molecule has 0 aliphatic heterocycles. The van der Waals surface area contributed by atoms with Gasteiger partial charge in [0.1, 0.15) is 12.4 Å². The largest absolute Gasteiger partial charge is 0.441 e. The zero-order chi connectivity index (χ0) is 14.6. The van der Waals surface area contributed by atoms with Gasteiger partial charge in [-0.25, -0.2) is 4.79 Å². The molecule has 19 heavy (non-hydrogen) atoms. The fraction of sp³-hybridized carbons (Fsp3) is 0.333. The number of carbonyl (C=O) groups excluding carboxylic acids is 2. The normalized spacial score (nSPS) is 14.5. The van der Waals surface area contributed by atoms with Crippen molar-refractivity contribution >= 4 is 12.4 Å². The lowest BCUT2D eigenvalue weighted by atomic mass is 9.97. The van der Waals surface area contributed by atoms with E-state index in [9.17, 15) is 22.8 Å². The lowest BCUT2D eigenvalue weighted by molar-refractivity contribution is -0.137. The van der Waals surface area contributed by atoms with Crippen molar-refractivity contribution in [3.63, 3.8) is 0 Å². The third-order valence-electron chi connectivity index (χ3n) is 2.50. The Hall–Kier alpha value is -2.05. The van der Waals surface area contributed by atoms with E-state index in [1.807, 2.05) is 0 Å². The van der Waals surface area contributed by atoms with Crippen molar-refractivity contribution in [2.45, 2.75) is 19.2 Å². The number of amides is 1. The number of ether oxygens (including phenoxy) is 1. The van der Waals surface area contributed by atoms with E-state index in [0.717, 1.165) is 24.3 Å². The maximum absolute atomic E-state index is 12.4. The quantitative estimate of drug-likeness (QED) is 0.859. The lowest BCUT2D eigenvalue weighted by Gasteiger charge is -2.20. The van der Waals surface area contributed by atoms with Gasteiger partial charge in [0.15, 0.2) is 0 Å². The molecule has 4 nitrogen and oxygen atoms in total. The minimum atomic E-state index is -4.45. The van der Waals surface area contributed by atoms with Crippen LogP contribution in [0.15, 0.2) is 24.3 Å². The molecule has 104 valence electrons. The molecule has 1 aromatic rings. The zero-order valence-electron chi connectivity index (χ0n) is 9.98. The number of rotatable bonds is 4. The molecule has 1 rings (SSSR count). The van der Waals surface area contributed by atoms with Gasteiger partial charge in [0, 0.05) is 0 Å². The highest BCUT2D eigenvalue weighted by Crippen LogP contribution is 2.31. The molecule has 0 saturated heterocycles. The highest BCUT2D eigenvalue weighted by atomic mass is 19.4. The van der Waals surface area contributed by atoms with Gasteiger partial charge in [-0.05, 0) is 17.7 Å². The average Bonchev–Trinajstić information content (AvgIpc) is 2.34. The minimum absolute atomic E-state index is 0.270. The van der Waals surface area contributed by atoms with Crippen LogP contribution in [0.4, 0.5) is 18.0 Å². The summed E-state index contributed by atoms with van der Waals surface area (Å²) in [5, 5.41) is 0. The van der Waals surface area contributed by atoms with Crippen LogP contribution in [0, 0.1) is 5.92 Å². The summed E-state index contributed by atoms with van der Waals surface area (Å²) in [6.45, 7) is 1.47. The Morgan fingerprint density at radius 2 is 1.84 bits per heavy atom. The molecule has 2 atom stereocenters. The molecule has 1 aromatic carbocycles. The summed E-state index contributed by atoms with van der Waals surface area (Å²) in [4.78, 5) is 21.4. The van der Waals surface area contributed by atoms with E-state index in [-0.39, 0.29) is 5.56 Å². The molecule has 0 radical (unpaired) electrons. The molecular formula is C12H12F3NO3. The van der Waals surface area contributed by atoms with Gasteiger partial charge in [-0.3, -0.25) is 0 Å². The summed E-state index contributed by atoms with van der Waals surface area (Å²) in [6, 6.07) is 4.00.